The molecule has 0 amide bonds. The first-order chi connectivity index (χ1) is 5.49. The second-order valence-corrected chi connectivity index (χ2v) is 3.69. The molecule has 0 aliphatic carbocycles. The summed E-state index contributed by atoms with van der Waals surface area (Å²) in [6, 6.07) is 0. The predicted octanol–water partition coefficient (Wildman–Crippen LogP) is 2.14. The molecule has 0 radical (unpaired) electrons. The van der Waals surface area contributed by atoms with E-state index in [2.05, 4.69) is 6.58 Å². The van der Waals surface area contributed by atoms with Gasteiger partial charge in [-0.15, -0.1) is 6.58 Å². The van der Waals surface area contributed by atoms with Crippen molar-refractivity contribution in [2.75, 3.05) is 0 Å². The smallest absolute Gasteiger partial charge is 0.109 e. The summed E-state index contributed by atoms with van der Waals surface area (Å²) in [7, 11) is 0. The highest BCUT2D eigenvalue weighted by Crippen LogP contribution is 2.29. The molecule has 2 heteroatoms. The van der Waals surface area contributed by atoms with Crippen LogP contribution in [0.2, 0.25) is 0 Å². The van der Waals surface area contributed by atoms with Crippen molar-refractivity contribution in [3.8, 4) is 0 Å². The van der Waals surface area contributed by atoms with Gasteiger partial charge in [0.05, 0.1) is 18.3 Å². The number of hydrogen-bond acceptors (Lipinski definition) is 2. The van der Waals surface area contributed by atoms with Crippen LogP contribution in [0, 0.1) is 0 Å². The monoisotopic (exact) mass is 170 g/mol. The van der Waals surface area contributed by atoms with Crippen LogP contribution in [0.4, 0.5) is 0 Å². The van der Waals surface area contributed by atoms with E-state index in [1.165, 1.54) is 0 Å². The lowest BCUT2D eigenvalue weighted by molar-refractivity contribution is -0.230. The van der Waals surface area contributed by atoms with Crippen molar-refractivity contribution in [3.63, 3.8) is 0 Å². The molecule has 1 heterocycles. The predicted molar refractivity (Wildman–Crippen MR) is 49.2 cm³/mol. The third kappa shape index (κ3) is 1.54. The Balaban J connectivity index is 2.73. The molecule has 12 heavy (non-hydrogen) atoms. The summed E-state index contributed by atoms with van der Waals surface area (Å²) in [6.45, 7) is 11.8. The van der Waals surface area contributed by atoms with Crippen LogP contribution in [-0.2, 0) is 9.47 Å². The van der Waals surface area contributed by atoms with Gasteiger partial charge < -0.3 is 9.47 Å². The van der Waals surface area contributed by atoms with E-state index in [1.807, 2.05) is 33.8 Å². The van der Waals surface area contributed by atoms with Crippen LogP contribution in [0.1, 0.15) is 27.7 Å². The topological polar surface area (TPSA) is 18.5 Å². The average molecular weight is 170 g/mol. The van der Waals surface area contributed by atoms with Crippen molar-refractivity contribution in [1.29, 1.82) is 0 Å². The van der Waals surface area contributed by atoms with E-state index in [4.69, 9.17) is 9.47 Å². The van der Waals surface area contributed by atoms with Crippen LogP contribution in [0.25, 0.3) is 0 Å². The SMILES string of the molecule is C=CC1(C)OC(C)C(C)OC1C. The molecular weight excluding hydrogens is 152 g/mol. The third-order valence-corrected chi connectivity index (χ3v) is 2.73. The molecule has 0 aromatic heterocycles. The number of rotatable bonds is 1. The minimum Gasteiger partial charge on any atom is -0.370 e. The normalized spacial score (nSPS) is 48.8. The first-order valence-electron chi connectivity index (χ1n) is 4.46. The van der Waals surface area contributed by atoms with Gasteiger partial charge in [-0.25, -0.2) is 0 Å². The molecule has 2 nitrogen and oxygen atoms in total. The van der Waals surface area contributed by atoms with Gasteiger partial charge in [-0.2, -0.15) is 0 Å². The average Bonchev–Trinajstić information content (AvgIpc) is 2.01. The summed E-state index contributed by atoms with van der Waals surface area (Å²) in [6.07, 6.45) is 2.22. The summed E-state index contributed by atoms with van der Waals surface area (Å²) in [5, 5.41) is 0. The molecule has 0 N–H and O–H groups in total. The van der Waals surface area contributed by atoms with E-state index in [0.717, 1.165) is 0 Å². The van der Waals surface area contributed by atoms with E-state index in [9.17, 15) is 0 Å². The molecule has 1 fully saturated rings. The van der Waals surface area contributed by atoms with Crippen molar-refractivity contribution in [3.05, 3.63) is 12.7 Å². The van der Waals surface area contributed by atoms with Crippen molar-refractivity contribution < 1.29 is 9.47 Å². The Morgan fingerprint density at radius 2 is 1.83 bits per heavy atom. The Kier molecular flexibility index (Phi) is 2.59. The maximum Gasteiger partial charge on any atom is 0.109 e. The molecule has 1 aliphatic rings. The van der Waals surface area contributed by atoms with Gasteiger partial charge in [0.1, 0.15) is 5.60 Å². The lowest BCUT2D eigenvalue weighted by Gasteiger charge is -2.43. The van der Waals surface area contributed by atoms with Crippen LogP contribution in [0.15, 0.2) is 12.7 Å². The molecule has 1 aliphatic heterocycles. The molecule has 0 aromatic rings. The van der Waals surface area contributed by atoms with Gasteiger partial charge in [0, 0.05) is 0 Å². The van der Waals surface area contributed by atoms with Gasteiger partial charge in [-0.1, -0.05) is 6.08 Å². The van der Waals surface area contributed by atoms with Gasteiger partial charge in [-0.3, -0.25) is 0 Å². The Morgan fingerprint density at radius 3 is 2.33 bits per heavy atom. The lowest BCUT2D eigenvalue weighted by Crippen LogP contribution is -2.52. The zero-order chi connectivity index (χ0) is 9.35. The summed E-state index contributed by atoms with van der Waals surface area (Å²) in [5.41, 5.74) is -0.327. The molecular formula is C10H18O2. The molecule has 0 aromatic carbocycles. The largest absolute Gasteiger partial charge is 0.370 e. The summed E-state index contributed by atoms with van der Waals surface area (Å²) >= 11 is 0. The second kappa shape index (κ2) is 3.19. The van der Waals surface area contributed by atoms with Gasteiger partial charge in [-0.05, 0) is 27.7 Å². The number of hydrogen-bond donors (Lipinski definition) is 0. The van der Waals surface area contributed by atoms with E-state index >= 15 is 0 Å². The Bertz CT molecular complexity index is 179. The van der Waals surface area contributed by atoms with Crippen molar-refractivity contribution in [1.82, 2.24) is 0 Å². The van der Waals surface area contributed by atoms with E-state index in [-0.39, 0.29) is 23.9 Å². The highest BCUT2D eigenvalue weighted by molar-refractivity contribution is 5.01. The molecule has 1 saturated heterocycles. The Labute approximate surface area is 74.6 Å². The van der Waals surface area contributed by atoms with Gasteiger partial charge in [0.25, 0.3) is 0 Å². The zero-order valence-electron chi connectivity index (χ0n) is 8.33. The minimum absolute atomic E-state index is 0.0844. The molecule has 0 bridgehead atoms. The maximum atomic E-state index is 5.80. The van der Waals surface area contributed by atoms with Crippen molar-refractivity contribution >= 4 is 0 Å². The van der Waals surface area contributed by atoms with Crippen LogP contribution in [0.5, 0.6) is 0 Å². The molecule has 0 saturated carbocycles. The third-order valence-electron chi connectivity index (χ3n) is 2.73. The number of ether oxygens (including phenoxy) is 2. The van der Waals surface area contributed by atoms with E-state index in [0.29, 0.717) is 0 Å². The highest BCUT2D eigenvalue weighted by atomic mass is 16.6. The summed E-state index contributed by atoms with van der Waals surface area (Å²) < 4.78 is 11.5. The Morgan fingerprint density at radius 1 is 1.25 bits per heavy atom. The highest BCUT2D eigenvalue weighted by Gasteiger charge is 2.39. The van der Waals surface area contributed by atoms with Gasteiger partial charge in [0.15, 0.2) is 0 Å². The standard InChI is InChI=1S/C10H18O2/c1-6-10(5)9(4)11-7(2)8(3)12-10/h6-9H,1H2,2-5H3. The first-order valence-corrected chi connectivity index (χ1v) is 4.46. The van der Waals surface area contributed by atoms with Gasteiger partial charge in [0.2, 0.25) is 0 Å². The fourth-order valence-corrected chi connectivity index (χ4v) is 1.37. The Hall–Kier alpha value is -0.340. The zero-order valence-corrected chi connectivity index (χ0v) is 8.33. The second-order valence-electron chi connectivity index (χ2n) is 3.69. The van der Waals surface area contributed by atoms with E-state index in [1.54, 1.807) is 0 Å². The minimum atomic E-state index is -0.327. The molecule has 70 valence electrons. The van der Waals surface area contributed by atoms with Crippen LogP contribution in [-0.4, -0.2) is 23.9 Å². The van der Waals surface area contributed by atoms with Gasteiger partial charge >= 0.3 is 0 Å². The molecule has 4 atom stereocenters. The fraction of sp³-hybridized carbons (Fsp3) is 0.800. The first kappa shape index (κ1) is 9.75. The maximum absolute atomic E-state index is 5.80. The molecule has 4 unspecified atom stereocenters. The molecule has 0 spiro atoms. The fourth-order valence-electron chi connectivity index (χ4n) is 1.37. The van der Waals surface area contributed by atoms with E-state index < -0.39 is 0 Å². The van der Waals surface area contributed by atoms with Crippen LogP contribution in [0.3, 0.4) is 0 Å². The quantitative estimate of drug-likeness (QED) is 0.561. The lowest BCUT2D eigenvalue weighted by atomic mass is 9.97. The summed E-state index contributed by atoms with van der Waals surface area (Å²) in [4.78, 5) is 0. The summed E-state index contributed by atoms with van der Waals surface area (Å²) in [5.74, 6) is 0. The van der Waals surface area contributed by atoms with Crippen molar-refractivity contribution in [2.24, 2.45) is 0 Å². The molecule has 1 rings (SSSR count). The van der Waals surface area contributed by atoms with Crippen LogP contribution >= 0.6 is 0 Å². The van der Waals surface area contributed by atoms with Crippen LogP contribution < -0.4 is 0 Å². The van der Waals surface area contributed by atoms with Crippen molar-refractivity contribution in [2.45, 2.75) is 51.6 Å².